The Morgan fingerprint density at radius 3 is 2.55 bits per heavy atom. The molecular formula is C15H25N3O2. The number of nitrogens with one attached hydrogen (secondary N) is 1. The Labute approximate surface area is 120 Å². The molecular weight excluding hydrogens is 254 g/mol. The topological polar surface area (TPSA) is 52.7 Å². The van der Waals surface area contributed by atoms with Crippen molar-refractivity contribution in [3.8, 4) is 0 Å². The number of piperidine rings is 1. The molecule has 0 aromatic carbocycles. The van der Waals surface area contributed by atoms with Crippen molar-refractivity contribution >= 4 is 11.8 Å². The molecule has 0 radical (unpaired) electrons. The van der Waals surface area contributed by atoms with Crippen LogP contribution in [0, 0.1) is 5.92 Å². The van der Waals surface area contributed by atoms with Crippen molar-refractivity contribution in [3.63, 3.8) is 0 Å². The van der Waals surface area contributed by atoms with Gasteiger partial charge in [-0.2, -0.15) is 0 Å². The van der Waals surface area contributed by atoms with Gasteiger partial charge in [-0.3, -0.25) is 14.5 Å². The fourth-order valence-corrected chi connectivity index (χ4v) is 3.85. The van der Waals surface area contributed by atoms with Crippen molar-refractivity contribution in [2.45, 2.75) is 44.6 Å². The lowest BCUT2D eigenvalue weighted by molar-refractivity contribution is -0.138. The lowest BCUT2D eigenvalue weighted by atomic mass is 9.90. The van der Waals surface area contributed by atoms with Gasteiger partial charge in [0.2, 0.25) is 11.8 Å². The van der Waals surface area contributed by atoms with Gasteiger partial charge in [-0.1, -0.05) is 0 Å². The molecule has 2 unspecified atom stereocenters. The number of carbonyl (C=O) groups excluding carboxylic acids is 2. The number of nitrogens with zero attached hydrogens (tertiary/aromatic N) is 2. The molecule has 5 nitrogen and oxygen atoms in total. The summed E-state index contributed by atoms with van der Waals surface area (Å²) in [5, 5.41) is 3.61. The normalized spacial score (nSPS) is 32.3. The quantitative estimate of drug-likeness (QED) is 0.766. The largest absolute Gasteiger partial charge is 0.314 e. The molecule has 0 aromatic rings. The highest BCUT2D eigenvalue weighted by molar-refractivity contribution is 6.01. The van der Waals surface area contributed by atoms with Crippen LogP contribution >= 0.6 is 0 Å². The Bertz CT molecular complexity index is 363. The number of hydrogen-bond acceptors (Lipinski definition) is 4. The molecule has 2 atom stereocenters. The Morgan fingerprint density at radius 2 is 1.85 bits per heavy atom. The standard InChI is InChI=1S/C15H25N3O2/c19-14-5-6-15(20)18(14)10-9-17-8-2-3-12(11-17)13-4-1-7-16-13/h12-13,16H,1-11H2. The summed E-state index contributed by atoms with van der Waals surface area (Å²) < 4.78 is 0. The van der Waals surface area contributed by atoms with Crippen molar-refractivity contribution in [3.05, 3.63) is 0 Å². The predicted octanol–water partition coefficient (Wildman–Crippen LogP) is 0.599. The molecule has 3 aliphatic rings. The minimum absolute atomic E-state index is 0.0148. The number of likely N-dealkylation sites (tertiary alicyclic amines) is 2. The Balaban J connectivity index is 1.47. The van der Waals surface area contributed by atoms with E-state index in [1.165, 1.54) is 30.6 Å². The van der Waals surface area contributed by atoms with Crippen LogP contribution in [-0.2, 0) is 9.59 Å². The number of imide groups is 1. The number of rotatable bonds is 4. The minimum atomic E-state index is 0.0148. The molecule has 112 valence electrons. The van der Waals surface area contributed by atoms with Gasteiger partial charge in [0.15, 0.2) is 0 Å². The fraction of sp³-hybridized carbons (Fsp3) is 0.867. The summed E-state index contributed by atoms with van der Waals surface area (Å²) in [6, 6.07) is 0.688. The lowest BCUT2D eigenvalue weighted by Crippen LogP contribution is -2.46. The van der Waals surface area contributed by atoms with E-state index in [0.29, 0.717) is 25.4 Å². The van der Waals surface area contributed by atoms with E-state index in [1.807, 2.05) is 0 Å². The van der Waals surface area contributed by atoms with Crippen molar-refractivity contribution in [1.82, 2.24) is 15.1 Å². The van der Waals surface area contributed by atoms with Gasteiger partial charge in [-0.25, -0.2) is 0 Å². The average molecular weight is 279 g/mol. The second-order valence-corrected chi connectivity index (χ2v) is 6.34. The third kappa shape index (κ3) is 3.04. The maximum Gasteiger partial charge on any atom is 0.229 e. The van der Waals surface area contributed by atoms with Crippen LogP contribution < -0.4 is 5.32 Å². The highest BCUT2D eigenvalue weighted by atomic mass is 16.2. The van der Waals surface area contributed by atoms with Gasteiger partial charge in [-0.05, 0) is 44.7 Å². The van der Waals surface area contributed by atoms with E-state index in [4.69, 9.17) is 0 Å². The van der Waals surface area contributed by atoms with E-state index in [1.54, 1.807) is 0 Å². The van der Waals surface area contributed by atoms with Crippen LogP contribution in [0.3, 0.4) is 0 Å². The molecule has 3 heterocycles. The third-order valence-electron chi connectivity index (χ3n) is 5.00. The molecule has 2 amide bonds. The summed E-state index contributed by atoms with van der Waals surface area (Å²) in [6.07, 6.45) is 5.99. The molecule has 3 fully saturated rings. The van der Waals surface area contributed by atoms with Gasteiger partial charge in [0.25, 0.3) is 0 Å². The molecule has 1 N–H and O–H groups in total. The molecule has 0 aliphatic carbocycles. The number of carbonyl (C=O) groups is 2. The minimum Gasteiger partial charge on any atom is -0.314 e. The van der Waals surface area contributed by atoms with E-state index in [-0.39, 0.29) is 11.8 Å². The maximum absolute atomic E-state index is 11.6. The van der Waals surface area contributed by atoms with Crippen molar-refractivity contribution in [2.75, 3.05) is 32.7 Å². The van der Waals surface area contributed by atoms with Gasteiger partial charge in [0, 0.05) is 38.5 Å². The summed E-state index contributed by atoms with van der Waals surface area (Å²) >= 11 is 0. The molecule has 5 heteroatoms. The zero-order valence-corrected chi connectivity index (χ0v) is 12.1. The zero-order valence-electron chi connectivity index (χ0n) is 12.1. The Kier molecular flexibility index (Phi) is 4.36. The van der Waals surface area contributed by atoms with Crippen molar-refractivity contribution in [1.29, 1.82) is 0 Å². The molecule has 0 bridgehead atoms. The van der Waals surface area contributed by atoms with Crippen LogP contribution in [0.15, 0.2) is 0 Å². The molecule has 0 spiro atoms. The summed E-state index contributed by atoms with van der Waals surface area (Å²) in [6.45, 7) is 4.83. The molecule has 3 aliphatic heterocycles. The molecule has 20 heavy (non-hydrogen) atoms. The lowest BCUT2D eigenvalue weighted by Gasteiger charge is -2.36. The first-order chi connectivity index (χ1) is 9.74. The van der Waals surface area contributed by atoms with Crippen LogP contribution in [-0.4, -0.2) is 60.4 Å². The predicted molar refractivity (Wildman–Crippen MR) is 76.1 cm³/mol. The summed E-state index contributed by atoms with van der Waals surface area (Å²) in [5.74, 6) is 0.776. The number of amides is 2. The third-order valence-corrected chi connectivity index (χ3v) is 5.00. The SMILES string of the molecule is O=C1CCC(=O)N1CCN1CCCC(C2CCCN2)C1. The van der Waals surface area contributed by atoms with Gasteiger partial charge in [-0.15, -0.1) is 0 Å². The zero-order chi connectivity index (χ0) is 13.9. The van der Waals surface area contributed by atoms with Gasteiger partial charge in [0.05, 0.1) is 0 Å². The molecule has 0 saturated carbocycles. The highest BCUT2D eigenvalue weighted by Crippen LogP contribution is 2.24. The van der Waals surface area contributed by atoms with E-state index in [0.717, 1.165) is 32.1 Å². The van der Waals surface area contributed by atoms with Gasteiger partial charge >= 0.3 is 0 Å². The number of hydrogen-bond donors (Lipinski definition) is 1. The van der Waals surface area contributed by atoms with Crippen LogP contribution in [0.1, 0.15) is 38.5 Å². The van der Waals surface area contributed by atoms with E-state index in [9.17, 15) is 9.59 Å². The van der Waals surface area contributed by atoms with Gasteiger partial charge in [0.1, 0.15) is 0 Å². The monoisotopic (exact) mass is 279 g/mol. The van der Waals surface area contributed by atoms with Crippen LogP contribution in [0.25, 0.3) is 0 Å². The molecule has 3 saturated heterocycles. The first kappa shape index (κ1) is 14.0. The smallest absolute Gasteiger partial charge is 0.229 e. The first-order valence-electron chi connectivity index (χ1n) is 8.03. The highest BCUT2D eigenvalue weighted by Gasteiger charge is 2.31. The Morgan fingerprint density at radius 1 is 1.05 bits per heavy atom. The maximum atomic E-state index is 11.6. The second kappa shape index (κ2) is 6.22. The van der Waals surface area contributed by atoms with Crippen LogP contribution in [0.5, 0.6) is 0 Å². The summed E-state index contributed by atoms with van der Waals surface area (Å²) in [5.41, 5.74) is 0. The van der Waals surface area contributed by atoms with Gasteiger partial charge < -0.3 is 10.2 Å². The fourth-order valence-electron chi connectivity index (χ4n) is 3.85. The second-order valence-electron chi connectivity index (χ2n) is 6.34. The Hall–Kier alpha value is -0.940. The van der Waals surface area contributed by atoms with E-state index < -0.39 is 0 Å². The van der Waals surface area contributed by atoms with E-state index >= 15 is 0 Å². The van der Waals surface area contributed by atoms with E-state index in [2.05, 4.69) is 10.2 Å². The first-order valence-corrected chi connectivity index (χ1v) is 8.03. The van der Waals surface area contributed by atoms with Crippen molar-refractivity contribution in [2.24, 2.45) is 5.92 Å². The summed E-state index contributed by atoms with van der Waals surface area (Å²) in [4.78, 5) is 27.1. The summed E-state index contributed by atoms with van der Waals surface area (Å²) in [7, 11) is 0. The molecule has 3 rings (SSSR count). The van der Waals surface area contributed by atoms with Crippen LogP contribution in [0.2, 0.25) is 0 Å². The van der Waals surface area contributed by atoms with Crippen molar-refractivity contribution < 1.29 is 9.59 Å². The molecule has 0 aromatic heterocycles. The average Bonchev–Trinajstić information content (AvgIpc) is 3.09. The van der Waals surface area contributed by atoms with Crippen LogP contribution in [0.4, 0.5) is 0 Å².